The standard InChI is InChI=1S/C19H20FNO5S/c1-12-5-6-13(2)15(9-12)18(22)11-26-19(23)16-10-14(7-8-17(16)20)27(24,25)21(3)4/h5-10H,11H2,1-4H3. The van der Waals surface area contributed by atoms with Crippen molar-refractivity contribution in [2.45, 2.75) is 18.7 Å². The summed E-state index contributed by atoms with van der Waals surface area (Å²) in [4.78, 5) is 24.2. The van der Waals surface area contributed by atoms with Crippen LogP contribution in [0.1, 0.15) is 31.8 Å². The maximum atomic E-state index is 14.0. The number of hydrogen-bond acceptors (Lipinski definition) is 5. The molecule has 0 spiro atoms. The number of carbonyl (C=O) groups is 2. The molecular formula is C19H20FNO5S. The Labute approximate surface area is 157 Å². The minimum Gasteiger partial charge on any atom is -0.454 e. The molecule has 2 aromatic rings. The molecule has 6 nitrogen and oxygen atoms in total. The summed E-state index contributed by atoms with van der Waals surface area (Å²) in [6.07, 6.45) is 0. The van der Waals surface area contributed by atoms with Crippen molar-refractivity contribution >= 4 is 21.8 Å². The summed E-state index contributed by atoms with van der Waals surface area (Å²) in [7, 11) is -1.20. The number of ketones is 1. The lowest BCUT2D eigenvalue weighted by molar-refractivity contribution is 0.0469. The number of nitrogens with zero attached hydrogens (tertiary/aromatic N) is 1. The van der Waals surface area contributed by atoms with Crippen molar-refractivity contribution in [2.24, 2.45) is 0 Å². The highest BCUT2D eigenvalue weighted by molar-refractivity contribution is 7.89. The minimum absolute atomic E-state index is 0.248. The molecule has 0 radical (unpaired) electrons. The van der Waals surface area contributed by atoms with Crippen molar-refractivity contribution < 1.29 is 27.1 Å². The molecule has 0 bridgehead atoms. The van der Waals surface area contributed by atoms with E-state index in [9.17, 15) is 22.4 Å². The number of benzene rings is 2. The van der Waals surface area contributed by atoms with Gasteiger partial charge in [-0.3, -0.25) is 4.79 Å². The van der Waals surface area contributed by atoms with Gasteiger partial charge in [0.15, 0.2) is 6.61 Å². The van der Waals surface area contributed by atoms with Crippen LogP contribution in [0.5, 0.6) is 0 Å². The largest absolute Gasteiger partial charge is 0.454 e. The molecule has 0 aliphatic carbocycles. The van der Waals surface area contributed by atoms with Crippen LogP contribution in [0.25, 0.3) is 0 Å². The first-order valence-corrected chi connectivity index (χ1v) is 9.47. The lowest BCUT2D eigenvalue weighted by atomic mass is 10.0. The SMILES string of the molecule is Cc1ccc(C)c(C(=O)COC(=O)c2cc(S(=O)(=O)N(C)C)ccc2F)c1. The van der Waals surface area contributed by atoms with E-state index in [1.165, 1.54) is 14.1 Å². The van der Waals surface area contributed by atoms with Crippen LogP contribution >= 0.6 is 0 Å². The number of ether oxygens (including phenoxy) is 1. The second-order valence-electron chi connectivity index (χ2n) is 6.25. The maximum Gasteiger partial charge on any atom is 0.341 e. The Balaban J connectivity index is 2.21. The lowest BCUT2D eigenvalue weighted by Gasteiger charge is -2.13. The predicted molar refractivity (Wildman–Crippen MR) is 97.8 cm³/mol. The van der Waals surface area contributed by atoms with Gasteiger partial charge in [-0.15, -0.1) is 0 Å². The maximum absolute atomic E-state index is 14.0. The van der Waals surface area contributed by atoms with Crippen molar-refractivity contribution in [3.63, 3.8) is 0 Å². The zero-order chi connectivity index (χ0) is 20.4. The van der Waals surface area contributed by atoms with E-state index in [4.69, 9.17) is 4.74 Å². The first-order chi connectivity index (χ1) is 12.5. The van der Waals surface area contributed by atoms with E-state index in [1.54, 1.807) is 19.1 Å². The molecule has 0 unspecified atom stereocenters. The third-order valence-corrected chi connectivity index (χ3v) is 5.78. The molecule has 8 heteroatoms. The van der Waals surface area contributed by atoms with Crippen LogP contribution in [0.4, 0.5) is 4.39 Å². The quantitative estimate of drug-likeness (QED) is 0.557. The molecule has 144 valence electrons. The van der Waals surface area contributed by atoms with Gasteiger partial charge in [0, 0.05) is 19.7 Å². The number of carbonyl (C=O) groups excluding carboxylic acids is 2. The lowest BCUT2D eigenvalue weighted by Crippen LogP contribution is -2.23. The van der Waals surface area contributed by atoms with Crippen LogP contribution in [0, 0.1) is 19.7 Å². The fourth-order valence-corrected chi connectivity index (χ4v) is 3.28. The highest BCUT2D eigenvalue weighted by Gasteiger charge is 2.23. The van der Waals surface area contributed by atoms with Crippen molar-refractivity contribution in [3.05, 3.63) is 64.5 Å². The van der Waals surface area contributed by atoms with Crippen molar-refractivity contribution in [3.8, 4) is 0 Å². The Morgan fingerprint density at radius 1 is 1.04 bits per heavy atom. The van der Waals surface area contributed by atoms with E-state index < -0.39 is 39.8 Å². The third-order valence-electron chi connectivity index (χ3n) is 3.96. The highest BCUT2D eigenvalue weighted by Crippen LogP contribution is 2.19. The number of hydrogen-bond donors (Lipinski definition) is 0. The summed E-state index contributed by atoms with van der Waals surface area (Å²) in [5.74, 6) is -2.47. The number of esters is 1. The highest BCUT2D eigenvalue weighted by atomic mass is 32.2. The van der Waals surface area contributed by atoms with Crippen LogP contribution in [-0.2, 0) is 14.8 Å². The molecular weight excluding hydrogens is 373 g/mol. The van der Waals surface area contributed by atoms with Gasteiger partial charge in [-0.2, -0.15) is 0 Å². The van der Waals surface area contributed by atoms with Gasteiger partial charge >= 0.3 is 5.97 Å². The topological polar surface area (TPSA) is 80.8 Å². The molecule has 0 saturated heterocycles. The van der Waals surface area contributed by atoms with Gasteiger partial charge in [0.05, 0.1) is 10.5 Å². The molecule has 0 heterocycles. The predicted octanol–water partition coefficient (Wildman–Crippen LogP) is 2.73. The summed E-state index contributed by atoms with van der Waals surface area (Å²) in [6, 6.07) is 8.14. The Bertz CT molecular complexity index is 999. The second kappa shape index (κ2) is 7.98. The fraction of sp³-hybridized carbons (Fsp3) is 0.263. The summed E-state index contributed by atoms with van der Waals surface area (Å²) in [6.45, 7) is 3.01. The van der Waals surface area contributed by atoms with Gasteiger partial charge in [-0.05, 0) is 43.7 Å². The molecule has 0 aliphatic heterocycles. The molecule has 27 heavy (non-hydrogen) atoms. The zero-order valence-corrected chi connectivity index (χ0v) is 16.3. The van der Waals surface area contributed by atoms with E-state index in [2.05, 4.69) is 0 Å². The second-order valence-corrected chi connectivity index (χ2v) is 8.40. The minimum atomic E-state index is -3.84. The normalized spacial score (nSPS) is 11.5. The summed E-state index contributed by atoms with van der Waals surface area (Å²) in [5.41, 5.74) is 1.47. The Hall–Kier alpha value is -2.58. The van der Waals surface area contributed by atoms with Crippen LogP contribution < -0.4 is 0 Å². The molecule has 0 saturated carbocycles. The number of sulfonamides is 1. The number of rotatable bonds is 6. The molecule has 2 aromatic carbocycles. The molecule has 0 amide bonds. The summed E-state index contributed by atoms with van der Waals surface area (Å²) >= 11 is 0. The van der Waals surface area contributed by atoms with Crippen LogP contribution in [-0.4, -0.2) is 45.2 Å². The van der Waals surface area contributed by atoms with Gasteiger partial charge in [-0.1, -0.05) is 17.7 Å². The molecule has 2 rings (SSSR count). The van der Waals surface area contributed by atoms with E-state index in [0.717, 1.165) is 33.6 Å². The van der Waals surface area contributed by atoms with Crippen molar-refractivity contribution in [2.75, 3.05) is 20.7 Å². The third kappa shape index (κ3) is 4.58. The van der Waals surface area contributed by atoms with Crippen LogP contribution in [0.2, 0.25) is 0 Å². The van der Waals surface area contributed by atoms with Crippen molar-refractivity contribution in [1.29, 1.82) is 0 Å². The van der Waals surface area contributed by atoms with Crippen LogP contribution in [0.3, 0.4) is 0 Å². The summed E-state index contributed by atoms with van der Waals surface area (Å²) < 4.78 is 44.1. The Morgan fingerprint density at radius 3 is 2.33 bits per heavy atom. The first-order valence-electron chi connectivity index (χ1n) is 8.03. The van der Waals surface area contributed by atoms with Gasteiger partial charge < -0.3 is 4.74 Å². The summed E-state index contributed by atoms with van der Waals surface area (Å²) in [5, 5.41) is 0. The number of halogens is 1. The van der Waals surface area contributed by atoms with E-state index in [0.29, 0.717) is 5.56 Å². The molecule has 0 atom stereocenters. The Morgan fingerprint density at radius 2 is 1.70 bits per heavy atom. The Kier molecular flexibility index (Phi) is 6.12. The van der Waals surface area contributed by atoms with E-state index in [1.807, 2.05) is 13.0 Å². The molecule has 0 fully saturated rings. The number of aryl methyl sites for hydroxylation is 2. The fourth-order valence-electron chi connectivity index (χ4n) is 2.35. The average Bonchev–Trinajstić information content (AvgIpc) is 2.61. The van der Waals surface area contributed by atoms with Gasteiger partial charge in [0.25, 0.3) is 0 Å². The van der Waals surface area contributed by atoms with Crippen LogP contribution in [0.15, 0.2) is 41.3 Å². The molecule has 0 aliphatic rings. The van der Waals surface area contributed by atoms with Gasteiger partial charge in [0.1, 0.15) is 5.82 Å². The zero-order valence-electron chi connectivity index (χ0n) is 15.4. The van der Waals surface area contributed by atoms with Crippen molar-refractivity contribution in [1.82, 2.24) is 4.31 Å². The van der Waals surface area contributed by atoms with E-state index in [-0.39, 0.29) is 4.90 Å². The van der Waals surface area contributed by atoms with Gasteiger partial charge in [-0.25, -0.2) is 21.9 Å². The average molecular weight is 393 g/mol. The smallest absolute Gasteiger partial charge is 0.341 e. The monoisotopic (exact) mass is 393 g/mol. The first kappa shape index (κ1) is 20.7. The van der Waals surface area contributed by atoms with Gasteiger partial charge in [0.2, 0.25) is 15.8 Å². The van der Waals surface area contributed by atoms with E-state index >= 15 is 0 Å². The molecule has 0 N–H and O–H groups in total. The number of Topliss-reactive ketones (excluding diaryl/α,β-unsaturated/α-hetero) is 1. The molecule has 0 aromatic heterocycles.